The van der Waals surface area contributed by atoms with Crippen LogP contribution in [0, 0.1) is 0 Å². The number of fused-ring (bicyclic) bond motifs is 1. The highest BCUT2D eigenvalue weighted by Crippen LogP contribution is 2.31. The fourth-order valence-electron chi connectivity index (χ4n) is 3.16. The fraction of sp³-hybridized carbons (Fsp3) is 0.714. The molecule has 4 heteroatoms. The molecule has 0 radical (unpaired) electrons. The number of nitrogens with zero attached hydrogens (tertiary/aromatic N) is 1. The van der Waals surface area contributed by atoms with Crippen molar-refractivity contribution in [2.24, 2.45) is 0 Å². The SMILES string of the molecule is CCO[C@H]1CN(Cc2ccoc2)[C@@H]2CCCO[C@H]12. The van der Waals surface area contributed by atoms with Crippen LogP contribution in [0.2, 0.25) is 0 Å². The van der Waals surface area contributed by atoms with E-state index >= 15 is 0 Å². The van der Waals surface area contributed by atoms with Gasteiger partial charge in [0, 0.05) is 37.9 Å². The second-order valence-corrected chi connectivity index (χ2v) is 5.10. The maximum Gasteiger partial charge on any atom is 0.100 e. The van der Waals surface area contributed by atoms with E-state index in [9.17, 15) is 0 Å². The first-order chi connectivity index (χ1) is 8.88. The average molecular weight is 251 g/mol. The van der Waals surface area contributed by atoms with Crippen LogP contribution in [-0.2, 0) is 16.0 Å². The van der Waals surface area contributed by atoms with Gasteiger partial charge in [-0.2, -0.15) is 0 Å². The molecule has 18 heavy (non-hydrogen) atoms. The van der Waals surface area contributed by atoms with Gasteiger partial charge in [-0.25, -0.2) is 0 Å². The quantitative estimate of drug-likeness (QED) is 0.820. The molecule has 0 spiro atoms. The molecule has 2 aliphatic heterocycles. The van der Waals surface area contributed by atoms with Crippen LogP contribution in [-0.4, -0.2) is 42.9 Å². The predicted octanol–water partition coefficient (Wildman–Crippen LogP) is 2.05. The average Bonchev–Trinajstić information content (AvgIpc) is 3.00. The lowest BCUT2D eigenvalue weighted by atomic mass is 10.0. The van der Waals surface area contributed by atoms with Crippen molar-refractivity contribution in [3.05, 3.63) is 24.2 Å². The third-order valence-electron chi connectivity index (χ3n) is 3.93. The van der Waals surface area contributed by atoms with Crippen molar-refractivity contribution in [3.63, 3.8) is 0 Å². The van der Waals surface area contributed by atoms with Crippen LogP contribution >= 0.6 is 0 Å². The number of likely N-dealkylation sites (tertiary alicyclic amines) is 1. The maximum atomic E-state index is 5.93. The zero-order chi connectivity index (χ0) is 12.4. The highest BCUT2D eigenvalue weighted by atomic mass is 16.5. The summed E-state index contributed by atoms with van der Waals surface area (Å²) in [7, 11) is 0. The molecule has 4 nitrogen and oxygen atoms in total. The molecule has 0 N–H and O–H groups in total. The topological polar surface area (TPSA) is 34.8 Å². The van der Waals surface area contributed by atoms with E-state index in [0.29, 0.717) is 6.04 Å². The van der Waals surface area contributed by atoms with Gasteiger partial charge in [-0.05, 0) is 25.8 Å². The lowest BCUT2D eigenvalue weighted by molar-refractivity contribution is -0.0749. The maximum absolute atomic E-state index is 5.93. The van der Waals surface area contributed by atoms with Gasteiger partial charge >= 0.3 is 0 Å². The van der Waals surface area contributed by atoms with Crippen LogP contribution in [0.15, 0.2) is 23.0 Å². The molecular weight excluding hydrogens is 230 g/mol. The summed E-state index contributed by atoms with van der Waals surface area (Å²) in [5.41, 5.74) is 1.23. The molecule has 2 fully saturated rings. The molecule has 0 unspecified atom stereocenters. The molecule has 1 aromatic rings. The largest absolute Gasteiger partial charge is 0.472 e. The van der Waals surface area contributed by atoms with E-state index in [4.69, 9.17) is 13.9 Å². The summed E-state index contributed by atoms with van der Waals surface area (Å²) < 4.78 is 16.9. The Morgan fingerprint density at radius 1 is 1.50 bits per heavy atom. The lowest BCUT2D eigenvalue weighted by Gasteiger charge is -2.32. The Morgan fingerprint density at radius 3 is 3.22 bits per heavy atom. The summed E-state index contributed by atoms with van der Waals surface area (Å²) >= 11 is 0. The molecule has 2 saturated heterocycles. The van der Waals surface area contributed by atoms with Gasteiger partial charge in [0.15, 0.2) is 0 Å². The highest BCUT2D eigenvalue weighted by Gasteiger charge is 2.44. The van der Waals surface area contributed by atoms with Crippen molar-refractivity contribution in [1.82, 2.24) is 4.90 Å². The van der Waals surface area contributed by atoms with Gasteiger partial charge in [-0.15, -0.1) is 0 Å². The summed E-state index contributed by atoms with van der Waals surface area (Å²) in [6.45, 7) is 5.59. The van der Waals surface area contributed by atoms with Crippen LogP contribution < -0.4 is 0 Å². The van der Waals surface area contributed by atoms with E-state index < -0.39 is 0 Å². The molecule has 0 amide bonds. The third kappa shape index (κ3) is 2.32. The van der Waals surface area contributed by atoms with Crippen molar-refractivity contribution in [2.75, 3.05) is 19.8 Å². The summed E-state index contributed by atoms with van der Waals surface area (Å²) in [6.07, 6.45) is 6.42. The second kappa shape index (κ2) is 5.43. The van der Waals surface area contributed by atoms with E-state index in [1.807, 2.05) is 12.3 Å². The first kappa shape index (κ1) is 12.2. The van der Waals surface area contributed by atoms with E-state index in [-0.39, 0.29) is 12.2 Å². The summed E-state index contributed by atoms with van der Waals surface area (Å²) in [5, 5.41) is 0. The van der Waals surface area contributed by atoms with Crippen LogP contribution in [0.5, 0.6) is 0 Å². The van der Waals surface area contributed by atoms with Gasteiger partial charge in [0.25, 0.3) is 0 Å². The number of ether oxygens (including phenoxy) is 2. The van der Waals surface area contributed by atoms with Crippen LogP contribution in [0.1, 0.15) is 25.3 Å². The minimum Gasteiger partial charge on any atom is -0.472 e. The van der Waals surface area contributed by atoms with Crippen LogP contribution in [0.3, 0.4) is 0 Å². The zero-order valence-electron chi connectivity index (χ0n) is 10.9. The normalized spacial score (nSPS) is 32.6. The van der Waals surface area contributed by atoms with Crippen molar-refractivity contribution >= 4 is 0 Å². The predicted molar refractivity (Wildman–Crippen MR) is 67.3 cm³/mol. The molecule has 0 aliphatic carbocycles. The Morgan fingerprint density at radius 2 is 2.44 bits per heavy atom. The Hall–Kier alpha value is -0.840. The van der Waals surface area contributed by atoms with Gasteiger partial charge in [0.1, 0.15) is 6.10 Å². The fourth-order valence-corrected chi connectivity index (χ4v) is 3.16. The Labute approximate surface area is 108 Å². The number of hydrogen-bond donors (Lipinski definition) is 0. The Bertz CT molecular complexity index is 365. The molecule has 3 atom stereocenters. The Balaban J connectivity index is 1.70. The monoisotopic (exact) mass is 251 g/mol. The molecule has 100 valence electrons. The summed E-state index contributed by atoms with van der Waals surface area (Å²) in [4.78, 5) is 2.48. The number of furan rings is 1. The minimum atomic E-state index is 0.229. The van der Waals surface area contributed by atoms with Crippen molar-refractivity contribution in [2.45, 2.75) is 44.6 Å². The smallest absolute Gasteiger partial charge is 0.100 e. The first-order valence-corrected chi connectivity index (χ1v) is 6.87. The molecule has 0 saturated carbocycles. The van der Waals surface area contributed by atoms with Gasteiger partial charge < -0.3 is 13.9 Å². The van der Waals surface area contributed by atoms with E-state index in [0.717, 1.165) is 32.7 Å². The first-order valence-electron chi connectivity index (χ1n) is 6.87. The molecule has 2 aliphatic rings. The van der Waals surface area contributed by atoms with E-state index in [1.54, 1.807) is 6.26 Å². The zero-order valence-corrected chi connectivity index (χ0v) is 10.9. The molecule has 1 aromatic heterocycles. The standard InChI is InChI=1S/C14H21NO3/c1-2-17-13-9-15(8-11-5-7-16-10-11)12-4-3-6-18-14(12)13/h5,7,10,12-14H,2-4,6,8-9H2,1H3/t12-,13+,14+/m1/s1. The van der Waals surface area contributed by atoms with Gasteiger partial charge in [-0.1, -0.05) is 0 Å². The molecule has 0 aromatic carbocycles. The molecule has 3 heterocycles. The molecule has 3 rings (SSSR count). The van der Waals surface area contributed by atoms with Gasteiger partial charge in [-0.3, -0.25) is 4.90 Å². The van der Waals surface area contributed by atoms with Crippen molar-refractivity contribution in [1.29, 1.82) is 0 Å². The van der Waals surface area contributed by atoms with Crippen molar-refractivity contribution in [3.8, 4) is 0 Å². The van der Waals surface area contributed by atoms with Crippen molar-refractivity contribution < 1.29 is 13.9 Å². The van der Waals surface area contributed by atoms with E-state index in [2.05, 4.69) is 11.8 Å². The lowest BCUT2D eigenvalue weighted by Crippen LogP contribution is -2.41. The third-order valence-corrected chi connectivity index (χ3v) is 3.93. The summed E-state index contributed by atoms with van der Waals surface area (Å²) in [5.74, 6) is 0. The van der Waals surface area contributed by atoms with E-state index in [1.165, 1.54) is 12.0 Å². The Kier molecular flexibility index (Phi) is 3.68. The van der Waals surface area contributed by atoms with Gasteiger partial charge in [0.05, 0.1) is 18.6 Å². The molecular formula is C14H21NO3. The van der Waals surface area contributed by atoms with Gasteiger partial charge in [0.2, 0.25) is 0 Å². The minimum absolute atomic E-state index is 0.229. The van der Waals surface area contributed by atoms with Crippen LogP contribution in [0.4, 0.5) is 0 Å². The second-order valence-electron chi connectivity index (χ2n) is 5.10. The van der Waals surface area contributed by atoms with Crippen LogP contribution in [0.25, 0.3) is 0 Å². The number of hydrogen-bond acceptors (Lipinski definition) is 4. The number of rotatable bonds is 4. The molecule has 0 bridgehead atoms. The highest BCUT2D eigenvalue weighted by molar-refractivity contribution is 5.08. The summed E-state index contributed by atoms with van der Waals surface area (Å²) in [6, 6.07) is 2.54.